The molecule has 2 aromatic rings. The molecule has 0 radical (unpaired) electrons. The molecule has 0 fully saturated rings. The third kappa shape index (κ3) is 3.41. The molecule has 0 amide bonds. The van der Waals surface area contributed by atoms with Crippen molar-refractivity contribution in [3.63, 3.8) is 0 Å². The molecule has 0 bridgehead atoms. The summed E-state index contributed by atoms with van der Waals surface area (Å²) < 4.78 is 5.45. The predicted molar refractivity (Wildman–Crippen MR) is 86.8 cm³/mol. The molecule has 0 aliphatic heterocycles. The quantitative estimate of drug-likeness (QED) is 0.857. The number of thiophene rings is 1. The zero-order valence-electron chi connectivity index (χ0n) is 12.6. The van der Waals surface area contributed by atoms with Crippen molar-refractivity contribution in [1.29, 1.82) is 0 Å². The first kappa shape index (κ1) is 15.1. The molecule has 0 aliphatic carbocycles. The minimum atomic E-state index is 0.192. The Morgan fingerprint density at radius 3 is 2.70 bits per heavy atom. The number of hydrogen-bond donors (Lipinski definition) is 1. The van der Waals surface area contributed by atoms with Crippen LogP contribution in [0.5, 0.6) is 5.75 Å². The molecule has 1 heterocycles. The van der Waals surface area contributed by atoms with Gasteiger partial charge in [0.1, 0.15) is 5.75 Å². The van der Waals surface area contributed by atoms with E-state index < -0.39 is 0 Å². The zero-order chi connectivity index (χ0) is 14.5. The zero-order valence-corrected chi connectivity index (χ0v) is 13.5. The van der Waals surface area contributed by atoms with Gasteiger partial charge in [0.25, 0.3) is 0 Å². The molecule has 108 valence electrons. The van der Waals surface area contributed by atoms with Crippen LogP contribution >= 0.6 is 11.3 Å². The molecule has 0 spiro atoms. The van der Waals surface area contributed by atoms with Gasteiger partial charge in [0.05, 0.1) is 18.0 Å². The van der Waals surface area contributed by atoms with E-state index in [1.54, 1.807) is 18.4 Å². The van der Waals surface area contributed by atoms with Crippen molar-refractivity contribution in [2.75, 3.05) is 14.2 Å². The van der Waals surface area contributed by atoms with Crippen LogP contribution < -0.4 is 10.1 Å². The summed E-state index contributed by atoms with van der Waals surface area (Å²) >= 11 is 1.73. The maximum absolute atomic E-state index is 5.45. The van der Waals surface area contributed by atoms with E-state index in [1.807, 2.05) is 13.1 Å². The smallest absolute Gasteiger partial charge is 0.134 e. The van der Waals surface area contributed by atoms with E-state index in [4.69, 9.17) is 4.74 Å². The molecule has 20 heavy (non-hydrogen) atoms. The summed E-state index contributed by atoms with van der Waals surface area (Å²) in [5.41, 5.74) is 2.69. The van der Waals surface area contributed by atoms with Gasteiger partial charge in [-0.25, -0.2) is 0 Å². The van der Waals surface area contributed by atoms with E-state index in [0.29, 0.717) is 5.92 Å². The average molecular weight is 289 g/mol. The first-order valence-corrected chi connectivity index (χ1v) is 7.91. The van der Waals surface area contributed by atoms with Crippen LogP contribution in [0.4, 0.5) is 0 Å². The second-order valence-electron chi connectivity index (χ2n) is 5.42. The highest BCUT2D eigenvalue weighted by molar-refractivity contribution is 7.10. The number of nitrogens with one attached hydrogen (secondary N) is 1. The lowest BCUT2D eigenvalue weighted by Crippen LogP contribution is -2.17. The van der Waals surface area contributed by atoms with Gasteiger partial charge >= 0.3 is 0 Å². The lowest BCUT2D eigenvalue weighted by atomic mass is 9.97. The van der Waals surface area contributed by atoms with Crippen molar-refractivity contribution >= 4 is 11.3 Å². The van der Waals surface area contributed by atoms with Gasteiger partial charge in [-0.05, 0) is 42.0 Å². The lowest BCUT2D eigenvalue weighted by molar-refractivity contribution is 0.408. The molecule has 0 aliphatic rings. The Bertz CT molecular complexity index is 547. The molecule has 1 N–H and O–H groups in total. The SMILES string of the molecule is CNC(c1cccc(CC(C)C)c1)c1sccc1OC. The molecule has 0 saturated carbocycles. The van der Waals surface area contributed by atoms with Crippen LogP contribution in [0.25, 0.3) is 0 Å². The standard InChI is InChI=1S/C17H23NOS/c1-12(2)10-13-6-5-7-14(11-13)16(18-3)17-15(19-4)8-9-20-17/h5-9,11-12,16,18H,10H2,1-4H3. The fourth-order valence-corrected chi connectivity index (χ4v) is 3.50. The van der Waals surface area contributed by atoms with Crippen LogP contribution in [0.1, 0.15) is 35.9 Å². The van der Waals surface area contributed by atoms with Crippen molar-refractivity contribution in [3.8, 4) is 5.75 Å². The highest BCUT2D eigenvalue weighted by Gasteiger charge is 2.18. The largest absolute Gasteiger partial charge is 0.496 e. The van der Waals surface area contributed by atoms with E-state index >= 15 is 0 Å². The normalized spacial score (nSPS) is 12.7. The maximum Gasteiger partial charge on any atom is 0.134 e. The number of benzene rings is 1. The van der Waals surface area contributed by atoms with Crippen molar-refractivity contribution in [1.82, 2.24) is 5.32 Å². The second-order valence-corrected chi connectivity index (χ2v) is 6.37. The number of rotatable bonds is 6. The van der Waals surface area contributed by atoms with Crippen LogP contribution in [0, 0.1) is 5.92 Å². The summed E-state index contributed by atoms with van der Waals surface area (Å²) in [4.78, 5) is 1.23. The molecule has 3 heteroatoms. The topological polar surface area (TPSA) is 21.3 Å². The van der Waals surface area contributed by atoms with Crippen LogP contribution in [-0.2, 0) is 6.42 Å². The maximum atomic E-state index is 5.45. The molecule has 2 rings (SSSR count). The van der Waals surface area contributed by atoms with Crippen molar-refractivity contribution in [2.24, 2.45) is 5.92 Å². The Kier molecular flexibility index (Phi) is 5.21. The molecule has 1 atom stereocenters. The monoisotopic (exact) mass is 289 g/mol. The molecule has 1 unspecified atom stereocenters. The van der Waals surface area contributed by atoms with Gasteiger partial charge in [-0.1, -0.05) is 38.1 Å². The van der Waals surface area contributed by atoms with E-state index in [0.717, 1.165) is 12.2 Å². The van der Waals surface area contributed by atoms with Gasteiger partial charge in [-0.15, -0.1) is 11.3 Å². The average Bonchev–Trinajstić information content (AvgIpc) is 2.87. The lowest BCUT2D eigenvalue weighted by Gasteiger charge is -2.18. The van der Waals surface area contributed by atoms with Crippen LogP contribution in [0.2, 0.25) is 0 Å². The Hall–Kier alpha value is -1.32. The number of hydrogen-bond acceptors (Lipinski definition) is 3. The summed E-state index contributed by atoms with van der Waals surface area (Å²) in [6.45, 7) is 4.51. The van der Waals surface area contributed by atoms with Gasteiger partial charge in [-0.2, -0.15) is 0 Å². The Labute approximate surface area is 125 Å². The minimum Gasteiger partial charge on any atom is -0.496 e. The highest BCUT2D eigenvalue weighted by Crippen LogP contribution is 2.34. The molecule has 1 aromatic carbocycles. The first-order chi connectivity index (χ1) is 9.65. The number of methoxy groups -OCH3 is 1. The molecular weight excluding hydrogens is 266 g/mol. The van der Waals surface area contributed by atoms with Gasteiger partial charge < -0.3 is 10.1 Å². The first-order valence-electron chi connectivity index (χ1n) is 7.03. The summed E-state index contributed by atoms with van der Waals surface area (Å²) in [5.74, 6) is 1.64. The van der Waals surface area contributed by atoms with E-state index in [1.165, 1.54) is 16.0 Å². The van der Waals surface area contributed by atoms with E-state index in [-0.39, 0.29) is 6.04 Å². The summed E-state index contributed by atoms with van der Waals surface area (Å²) in [6.07, 6.45) is 1.12. The number of ether oxygens (including phenoxy) is 1. The van der Waals surface area contributed by atoms with Crippen molar-refractivity contribution < 1.29 is 4.74 Å². The third-order valence-electron chi connectivity index (χ3n) is 3.36. The fraction of sp³-hybridized carbons (Fsp3) is 0.412. The van der Waals surface area contributed by atoms with E-state index in [2.05, 4.69) is 48.8 Å². The summed E-state index contributed by atoms with van der Waals surface area (Å²) in [7, 11) is 3.73. The van der Waals surface area contributed by atoms with Crippen LogP contribution in [0.15, 0.2) is 35.7 Å². The van der Waals surface area contributed by atoms with Gasteiger partial charge in [0, 0.05) is 0 Å². The van der Waals surface area contributed by atoms with E-state index in [9.17, 15) is 0 Å². The summed E-state index contributed by atoms with van der Waals surface area (Å²) in [6, 6.07) is 11.1. The molecule has 0 saturated heterocycles. The molecule has 2 nitrogen and oxygen atoms in total. The third-order valence-corrected chi connectivity index (χ3v) is 4.32. The Morgan fingerprint density at radius 2 is 2.05 bits per heavy atom. The van der Waals surface area contributed by atoms with Crippen LogP contribution in [0.3, 0.4) is 0 Å². The molecular formula is C17H23NOS. The van der Waals surface area contributed by atoms with Crippen LogP contribution in [-0.4, -0.2) is 14.2 Å². The van der Waals surface area contributed by atoms with Crippen molar-refractivity contribution in [2.45, 2.75) is 26.3 Å². The Morgan fingerprint density at radius 1 is 1.25 bits per heavy atom. The second kappa shape index (κ2) is 6.91. The fourth-order valence-electron chi connectivity index (χ4n) is 2.51. The van der Waals surface area contributed by atoms with Gasteiger partial charge in [0.2, 0.25) is 0 Å². The minimum absolute atomic E-state index is 0.192. The predicted octanol–water partition coefficient (Wildman–Crippen LogP) is 4.26. The van der Waals surface area contributed by atoms with Gasteiger partial charge in [0.15, 0.2) is 0 Å². The summed E-state index contributed by atoms with van der Waals surface area (Å²) in [5, 5.41) is 5.49. The Balaban J connectivity index is 2.32. The van der Waals surface area contributed by atoms with Gasteiger partial charge in [-0.3, -0.25) is 0 Å². The molecule has 1 aromatic heterocycles. The highest BCUT2D eigenvalue weighted by atomic mass is 32.1. The van der Waals surface area contributed by atoms with Crippen molar-refractivity contribution in [3.05, 3.63) is 51.7 Å².